The molecule has 37 heavy (non-hydrogen) atoms. The van der Waals surface area contributed by atoms with Crippen LogP contribution in [0.25, 0.3) is 17.1 Å². The van der Waals surface area contributed by atoms with E-state index in [0.717, 1.165) is 11.1 Å². The molecule has 190 valence electrons. The highest BCUT2D eigenvalue weighted by Gasteiger charge is 2.59. The Morgan fingerprint density at radius 1 is 1.14 bits per heavy atom. The minimum absolute atomic E-state index is 0.0140. The maximum atomic E-state index is 13.4. The molecule has 1 saturated heterocycles. The van der Waals surface area contributed by atoms with E-state index in [1.165, 1.54) is 12.1 Å². The normalized spacial score (nSPS) is 20.7. The first-order valence-electron chi connectivity index (χ1n) is 12.2. The fourth-order valence-electron chi connectivity index (χ4n) is 4.99. The van der Waals surface area contributed by atoms with Gasteiger partial charge >= 0.3 is 0 Å². The average Bonchev–Trinajstić information content (AvgIpc) is 3.36. The lowest BCUT2D eigenvalue weighted by molar-refractivity contribution is 0.0740. The van der Waals surface area contributed by atoms with Gasteiger partial charge in [0.05, 0.1) is 5.69 Å². The number of pyridine rings is 1. The molecule has 1 saturated carbocycles. The van der Waals surface area contributed by atoms with Crippen LogP contribution in [0.15, 0.2) is 60.9 Å². The molecule has 2 N–H and O–H groups in total. The molecular weight excluding hydrogens is 473 g/mol. The van der Waals surface area contributed by atoms with Crippen LogP contribution < -0.4 is 10.5 Å². The number of benzene rings is 1. The molecule has 6 rings (SSSR count). The van der Waals surface area contributed by atoms with E-state index in [1.807, 2.05) is 36.9 Å². The molecule has 2 fully saturated rings. The number of ether oxygens (including phenoxy) is 1. The molecule has 1 unspecified atom stereocenters. The third-order valence-electron chi connectivity index (χ3n) is 7.17. The number of nitrogens with two attached hydrogens (primary N) is 1. The standard InChI is InChI=1S/C27H28FN7O2/c1-27(2,29)17-11-21(16-5-7-18(28)8-6-16)31-24(12-17)37-25-19-14-34(15-20(19)25)26(36)22-13-23(32-33(22)3)35-10-4-9-30-35/h4-13,19-20,25H,14-15,29H2,1-3H3/t19-,20+,25?. The molecule has 4 aromatic rings. The van der Waals surface area contributed by atoms with Gasteiger partial charge in [0.1, 0.15) is 17.6 Å². The minimum atomic E-state index is -0.601. The maximum Gasteiger partial charge on any atom is 0.272 e. The molecule has 0 bridgehead atoms. The van der Waals surface area contributed by atoms with E-state index in [0.29, 0.717) is 36.2 Å². The summed E-state index contributed by atoms with van der Waals surface area (Å²) in [4.78, 5) is 19.8. The van der Waals surface area contributed by atoms with E-state index in [2.05, 4.69) is 10.2 Å². The molecule has 3 aromatic heterocycles. The van der Waals surface area contributed by atoms with Crippen molar-refractivity contribution in [2.45, 2.75) is 25.5 Å². The number of fused-ring (bicyclic) bond motifs is 1. The van der Waals surface area contributed by atoms with E-state index in [4.69, 9.17) is 15.5 Å². The third kappa shape index (κ3) is 4.37. The van der Waals surface area contributed by atoms with Gasteiger partial charge in [0.15, 0.2) is 5.82 Å². The number of carbonyl (C=O) groups is 1. The van der Waals surface area contributed by atoms with Gasteiger partial charge in [0.25, 0.3) is 5.91 Å². The van der Waals surface area contributed by atoms with Gasteiger partial charge in [-0.05, 0) is 55.8 Å². The van der Waals surface area contributed by atoms with Crippen LogP contribution in [0.2, 0.25) is 0 Å². The second kappa shape index (κ2) is 8.52. The lowest BCUT2D eigenvalue weighted by Gasteiger charge is -2.22. The van der Waals surface area contributed by atoms with Crippen LogP contribution >= 0.6 is 0 Å². The Morgan fingerprint density at radius 2 is 1.86 bits per heavy atom. The van der Waals surface area contributed by atoms with E-state index < -0.39 is 5.54 Å². The second-order valence-electron chi connectivity index (χ2n) is 10.4. The van der Waals surface area contributed by atoms with E-state index in [9.17, 15) is 9.18 Å². The number of halogens is 1. The summed E-state index contributed by atoms with van der Waals surface area (Å²) < 4.78 is 23.0. The largest absolute Gasteiger partial charge is 0.474 e. The SMILES string of the molecule is Cn1nc(-n2cccn2)cc1C(=O)N1C[C@@H]2C(Oc3cc(C(C)(C)N)cc(-c4ccc(F)cc4)n3)[C@@H]2C1. The molecule has 1 amide bonds. The average molecular weight is 502 g/mol. The smallest absolute Gasteiger partial charge is 0.272 e. The first-order chi connectivity index (χ1) is 17.7. The summed E-state index contributed by atoms with van der Waals surface area (Å²) in [6, 6.07) is 13.6. The minimum Gasteiger partial charge on any atom is -0.474 e. The van der Waals surface area contributed by atoms with Crippen molar-refractivity contribution in [3.63, 3.8) is 0 Å². The molecule has 1 aliphatic carbocycles. The van der Waals surface area contributed by atoms with Gasteiger partial charge in [-0.15, -0.1) is 0 Å². The number of hydrogen-bond donors (Lipinski definition) is 1. The van der Waals surface area contributed by atoms with Gasteiger partial charge < -0.3 is 15.4 Å². The predicted molar refractivity (Wildman–Crippen MR) is 134 cm³/mol. The highest BCUT2D eigenvalue weighted by Crippen LogP contribution is 2.48. The van der Waals surface area contributed by atoms with Crippen molar-refractivity contribution in [1.29, 1.82) is 0 Å². The van der Waals surface area contributed by atoms with Crippen LogP contribution in [0.1, 0.15) is 29.9 Å². The molecular formula is C27H28FN7O2. The summed E-state index contributed by atoms with van der Waals surface area (Å²) in [5.41, 5.74) is 8.65. The quantitative estimate of drug-likeness (QED) is 0.435. The molecule has 10 heteroatoms. The summed E-state index contributed by atoms with van der Waals surface area (Å²) in [6.07, 6.45) is 3.45. The van der Waals surface area contributed by atoms with Gasteiger partial charge in [-0.2, -0.15) is 10.2 Å². The van der Waals surface area contributed by atoms with E-state index in [-0.39, 0.29) is 29.7 Å². The number of amides is 1. The Balaban J connectivity index is 1.16. The zero-order chi connectivity index (χ0) is 25.9. The lowest BCUT2D eigenvalue weighted by atomic mass is 9.95. The van der Waals surface area contributed by atoms with Crippen molar-refractivity contribution in [1.82, 2.24) is 29.4 Å². The van der Waals surface area contributed by atoms with Crippen molar-refractivity contribution in [2.24, 2.45) is 24.6 Å². The highest BCUT2D eigenvalue weighted by molar-refractivity contribution is 5.93. The van der Waals surface area contributed by atoms with Gasteiger partial charge in [-0.25, -0.2) is 14.1 Å². The Kier molecular flexibility index (Phi) is 5.38. The maximum absolute atomic E-state index is 13.4. The fourth-order valence-corrected chi connectivity index (χ4v) is 4.99. The molecule has 0 spiro atoms. The van der Waals surface area contributed by atoms with Gasteiger partial charge in [0, 0.05) is 67.6 Å². The van der Waals surface area contributed by atoms with Crippen LogP contribution in [0, 0.1) is 17.7 Å². The van der Waals surface area contributed by atoms with Crippen LogP contribution in [-0.2, 0) is 12.6 Å². The Hall–Kier alpha value is -4.05. The van der Waals surface area contributed by atoms with Gasteiger partial charge in [0.2, 0.25) is 5.88 Å². The van der Waals surface area contributed by atoms with Gasteiger partial charge in [-0.3, -0.25) is 9.48 Å². The summed E-state index contributed by atoms with van der Waals surface area (Å²) in [5.74, 6) is 1.23. The number of piperidine rings is 1. The first-order valence-corrected chi connectivity index (χ1v) is 12.2. The molecule has 4 heterocycles. The lowest BCUT2D eigenvalue weighted by Crippen LogP contribution is -2.34. The Morgan fingerprint density at radius 3 is 2.51 bits per heavy atom. The number of likely N-dealkylation sites (tertiary alicyclic amines) is 1. The first kappa shape index (κ1) is 23.4. The van der Waals surface area contributed by atoms with Crippen molar-refractivity contribution >= 4 is 5.91 Å². The number of hydrogen-bond acceptors (Lipinski definition) is 6. The summed E-state index contributed by atoms with van der Waals surface area (Å²) in [5, 5.41) is 8.60. The fraction of sp³-hybridized carbons (Fsp3) is 0.333. The Bertz CT molecular complexity index is 1450. The van der Waals surface area contributed by atoms with Crippen LogP contribution in [0.5, 0.6) is 5.88 Å². The van der Waals surface area contributed by atoms with Gasteiger partial charge in [-0.1, -0.05) is 0 Å². The number of rotatable bonds is 6. The van der Waals surface area contributed by atoms with Crippen LogP contribution in [0.3, 0.4) is 0 Å². The number of aryl methyl sites for hydroxylation is 1. The number of aromatic nitrogens is 5. The van der Waals surface area contributed by atoms with E-state index >= 15 is 0 Å². The Labute approximate surface area is 213 Å². The molecule has 1 aromatic carbocycles. The van der Waals surface area contributed by atoms with Crippen molar-refractivity contribution < 1.29 is 13.9 Å². The summed E-state index contributed by atoms with van der Waals surface area (Å²) in [6.45, 7) is 5.07. The third-order valence-corrected chi connectivity index (χ3v) is 7.17. The van der Waals surface area contributed by atoms with Crippen molar-refractivity contribution in [3.8, 4) is 23.0 Å². The van der Waals surface area contributed by atoms with E-state index in [1.54, 1.807) is 47.0 Å². The molecule has 3 atom stereocenters. The topological polar surface area (TPSA) is 104 Å². The second-order valence-corrected chi connectivity index (χ2v) is 10.4. The van der Waals surface area contributed by atoms with Crippen LogP contribution in [-0.4, -0.2) is 54.5 Å². The molecule has 9 nitrogen and oxygen atoms in total. The number of carbonyl (C=O) groups excluding carboxylic acids is 1. The molecule has 2 aliphatic rings. The zero-order valence-corrected chi connectivity index (χ0v) is 20.9. The zero-order valence-electron chi connectivity index (χ0n) is 20.9. The number of nitrogens with zero attached hydrogens (tertiary/aromatic N) is 6. The van der Waals surface area contributed by atoms with Crippen molar-refractivity contribution in [3.05, 3.63) is 78.0 Å². The summed E-state index contributed by atoms with van der Waals surface area (Å²) in [7, 11) is 1.76. The molecule has 1 aliphatic heterocycles. The monoisotopic (exact) mass is 501 g/mol. The van der Waals surface area contributed by atoms with Crippen molar-refractivity contribution in [2.75, 3.05) is 13.1 Å². The van der Waals surface area contributed by atoms with Crippen LogP contribution in [0.4, 0.5) is 4.39 Å². The highest BCUT2D eigenvalue weighted by atomic mass is 19.1. The predicted octanol–water partition coefficient (Wildman–Crippen LogP) is 3.15. The molecule has 0 radical (unpaired) electrons. The summed E-state index contributed by atoms with van der Waals surface area (Å²) >= 11 is 0.